The molecule has 0 radical (unpaired) electrons. The van der Waals surface area contributed by atoms with E-state index in [1.807, 2.05) is 36.4 Å². The third kappa shape index (κ3) is 3.03. The van der Waals surface area contributed by atoms with Crippen LogP contribution in [0.2, 0.25) is 0 Å². The number of hydrogen-bond donors (Lipinski definition) is 3. The van der Waals surface area contributed by atoms with E-state index in [-0.39, 0.29) is 0 Å². The summed E-state index contributed by atoms with van der Waals surface area (Å²) in [5.41, 5.74) is 5.15. The SMILES string of the molecule is ONc1ccc(N2CCN(c3ccc(O)cc3)CC2)cc1. The van der Waals surface area contributed by atoms with Gasteiger partial charge in [-0.2, -0.15) is 0 Å². The number of benzene rings is 2. The number of hydrogen-bond acceptors (Lipinski definition) is 5. The third-order valence-electron chi connectivity index (χ3n) is 3.86. The fourth-order valence-electron chi connectivity index (χ4n) is 2.63. The molecule has 5 heteroatoms. The van der Waals surface area contributed by atoms with E-state index >= 15 is 0 Å². The van der Waals surface area contributed by atoms with Crippen molar-refractivity contribution in [3.63, 3.8) is 0 Å². The Hall–Kier alpha value is -2.40. The van der Waals surface area contributed by atoms with Crippen LogP contribution in [0.1, 0.15) is 0 Å². The molecule has 0 atom stereocenters. The molecule has 3 rings (SSSR count). The van der Waals surface area contributed by atoms with E-state index < -0.39 is 0 Å². The standard InChI is InChI=1S/C16H19N3O2/c20-16-7-5-15(6-8-16)19-11-9-18(10-12-19)14-3-1-13(17-21)2-4-14/h1-8,17,20-21H,9-12H2. The lowest BCUT2D eigenvalue weighted by Crippen LogP contribution is -2.46. The Balaban J connectivity index is 1.62. The molecule has 0 amide bonds. The van der Waals surface area contributed by atoms with Crippen LogP contribution < -0.4 is 15.3 Å². The van der Waals surface area contributed by atoms with Crippen molar-refractivity contribution in [1.29, 1.82) is 0 Å². The van der Waals surface area contributed by atoms with Crippen LogP contribution in [-0.4, -0.2) is 36.5 Å². The molecular weight excluding hydrogens is 266 g/mol. The van der Waals surface area contributed by atoms with Crippen LogP contribution in [-0.2, 0) is 0 Å². The summed E-state index contributed by atoms with van der Waals surface area (Å²) in [5, 5.41) is 18.2. The van der Waals surface area contributed by atoms with E-state index in [2.05, 4.69) is 15.3 Å². The molecule has 0 aliphatic carbocycles. The molecule has 0 aromatic heterocycles. The molecule has 110 valence electrons. The Morgan fingerprint density at radius 2 is 1.14 bits per heavy atom. The predicted molar refractivity (Wildman–Crippen MR) is 84.4 cm³/mol. The van der Waals surface area contributed by atoms with E-state index in [4.69, 9.17) is 5.21 Å². The quantitative estimate of drug-likeness (QED) is 0.757. The van der Waals surface area contributed by atoms with Crippen molar-refractivity contribution in [1.82, 2.24) is 0 Å². The van der Waals surface area contributed by atoms with Gasteiger partial charge in [-0.3, -0.25) is 10.7 Å². The molecule has 3 N–H and O–H groups in total. The highest BCUT2D eigenvalue weighted by molar-refractivity contribution is 5.56. The van der Waals surface area contributed by atoms with Gasteiger partial charge in [0.25, 0.3) is 0 Å². The molecule has 2 aromatic carbocycles. The Bertz CT molecular complexity index is 575. The third-order valence-corrected chi connectivity index (χ3v) is 3.86. The zero-order chi connectivity index (χ0) is 14.7. The molecule has 2 aromatic rings. The molecule has 1 aliphatic heterocycles. The van der Waals surface area contributed by atoms with Gasteiger partial charge in [-0.1, -0.05) is 0 Å². The summed E-state index contributed by atoms with van der Waals surface area (Å²) in [7, 11) is 0. The van der Waals surface area contributed by atoms with Gasteiger partial charge in [-0.05, 0) is 48.5 Å². The molecule has 21 heavy (non-hydrogen) atoms. The second-order valence-electron chi connectivity index (χ2n) is 5.15. The van der Waals surface area contributed by atoms with Crippen molar-refractivity contribution in [2.45, 2.75) is 0 Å². The normalized spacial score (nSPS) is 15.1. The van der Waals surface area contributed by atoms with Crippen molar-refractivity contribution < 1.29 is 10.3 Å². The minimum atomic E-state index is 0.301. The molecule has 0 spiro atoms. The molecule has 1 aliphatic rings. The lowest BCUT2D eigenvalue weighted by molar-refractivity contribution is 0.389. The zero-order valence-corrected chi connectivity index (χ0v) is 11.7. The first kappa shape index (κ1) is 13.6. The average molecular weight is 285 g/mol. The van der Waals surface area contributed by atoms with Gasteiger partial charge in [0, 0.05) is 37.6 Å². The zero-order valence-electron chi connectivity index (χ0n) is 11.7. The first-order valence-electron chi connectivity index (χ1n) is 7.05. The lowest BCUT2D eigenvalue weighted by Gasteiger charge is -2.37. The Morgan fingerprint density at radius 1 is 0.714 bits per heavy atom. The first-order valence-corrected chi connectivity index (χ1v) is 7.05. The highest BCUT2D eigenvalue weighted by Crippen LogP contribution is 2.23. The summed E-state index contributed by atoms with van der Waals surface area (Å²) < 4.78 is 0. The van der Waals surface area contributed by atoms with Gasteiger partial charge in [0.2, 0.25) is 0 Å². The van der Waals surface area contributed by atoms with E-state index in [1.165, 1.54) is 5.69 Å². The van der Waals surface area contributed by atoms with Crippen LogP contribution in [0.4, 0.5) is 17.1 Å². The average Bonchev–Trinajstić information content (AvgIpc) is 2.56. The number of aromatic hydroxyl groups is 1. The van der Waals surface area contributed by atoms with Crippen LogP contribution in [0.5, 0.6) is 5.75 Å². The highest BCUT2D eigenvalue weighted by atomic mass is 16.5. The van der Waals surface area contributed by atoms with Crippen molar-refractivity contribution in [3.05, 3.63) is 48.5 Å². The van der Waals surface area contributed by atoms with Crippen LogP contribution in [0, 0.1) is 0 Å². The molecule has 1 heterocycles. The summed E-state index contributed by atoms with van der Waals surface area (Å²) in [6.07, 6.45) is 0. The molecule has 1 fully saturated rings. The number of nitrogens with zero attached hydrogens (tertiary/aromatic N) is 2. The highest BCUT2D eigenvalue weighted by Gasteiger charge is 2.17. The minimum absolute atomic E-state index is 0.301. The number of phenolic OH excluding ortho intramolecular Hbond substituents is 1. The minimum Gasteiger partial charge on any atom is -0.508 e. The van der Waals surface area contributed by atoms with Crippen LogP contribution in [0.25, 0.3) is 0 Å². The Labute approximate surface area is 124 Å². The van der Waals surface area contributed by atoms with E-state index in [9.17, 15) is 5.11 Å². The second-order valence-corrected chi connectivity index (χ2v) is 5.15. The Kier molecular flexibility index (Phi) is 3.83. The molecule has 0 bridgehead atoms. The fraction of sp³-hybridized carbons (Fsp3) is 0.250. The number of piperazine rings is 1. The topological polar surface area (TPSA) is 59.0 Å². The maximum Gasteiger partial charge on any atom is 0.115 e. The van der Waals surface area contributed by atoms with E-state index in [0.717, 1.165) is 31.9 Å². The van der Waals surface area contributed by atoms with Gasteiger partial charge in [0.1, 0.15) is 5.75 Å². The summed E-state index contributed by atoms with van der Waals surface area (Å²) in [5.74, 6) is 0.301. The molecule has 5 nitrogen and oxygen atoms in total. The van der Waals surface area contributed by atoms with Gasteiger partial charge in [-0.25, -0.2) is 0 Å². The largest absolute Gasteiger partial charge is 0.508 e. The van der Waals surface area contributed by atoms with E-state index in [0.29, 0.717) is 11.4 Å². The molecule has 1 saturated heterocycles. The number of phenols is 1. The summed E-state index contributed by atoms with van der Waals surface area (Å²) in [4.78, 5) is 4.65. The maximum atomic E-state index is 9.34. The summed E-state index contributed by atoms with van der Waals surface area (Å²) in [6.45, 7) is 3.80. The number of nitrogens with one attached hydrogen (secondary N) is 1. The molecule has 0 unspecified atom stereocenters. The molecular formula is C16H19N3O2. The first-order chi connectivity index (χ1) is 10.3. The van der Waals surface area contributed by atoms with Gasteiger partial charge >= 0.3 is 0 Å². The smallest absolute Gasteiger partial charge is 0.115 e. The van der Waals surface area contributed by atoms with Crippen LogP contribution in [0.15, 0.2) is 48.5 Å². The predicted octanol–water partition coefficient (Wildman–Crippen LogP) is 2.52. The van der Waals surface area contributed by atoms with Crippen molar-refractivity contribution in [2.24, 2.45) is 0 Å². The van der Waals surface area contributed by atoms with Gasteiger partial charge in [-0.15, -0.1) is 0 Å². The lowest BCUT2D eigenvalue weighted by atomic mass is 10.2. The number of anilines is 3. The summed E-state index contributed by atoms with van der Waals surface area (Å²) >= 11 is 0. The van der Waals surface area contributed by atoms with E-state index in [1.54, 1.807) is 12.1 Å². The van der Waals surface area contributed by atoms with Crippen molar-refractivity contribution in [3.8, 4) is 5.75 Å². The fourth-order valence-corrected chi connectivity index (χ4v) is 2.63. The second kappa shape index (κ2) is 5.93. The number of rotatable bonds is 3. The van der Waals surface area contributed by atoms with Gasteiger partial charge < -0.3 is 14.9 Å². The monoisotopic (exact) mass is 285 g/mol. The van der Waals surface area contributed by atoms with Gasteiger partial charge in [0.05, 0.1) is 5.69 Å². The van der Waals surface area contributed by atoms with Gasteiger partial charge in [0.15, 0.2) is 0 Å². The van der Waals surface area contributed by atoms with Crippen molar-refractivity contribution >= 4 is 17.1 Å². The van der Waals surface area contributed by atoms with Crippen LogP contribution >= 0.6 is 0 Å². The van der Waals surface area contributed by atoms with Crippen molar-refractivity contribution in [2.75, 3.05) is 41.5 Å². The van der Waals surface area contributed by atoms with Crippen LogP contribution in [0.3, 0.4) is 0 Å². The summed E-state index contributed by atoms with van der Waals surface area (Å²) in [6, 6.07) is 15.1. The molecule has 0 saturated carbocycles. The Morgan fingerprint density at radius 3 is 1.57 bits per heavy atom. The maximum absolute atomic E-state index is 9.34.